The molecule has 0 radical (unpaired) electrons. The van der Waals surface area contributed by atoms with Crippen LogP contribution in [0.1, 0.15) is 303 Å². The quantitative estimate of drug-likeness (QED) is 0.0205. The van der Waals surface area contributed by atoms with Gasteiger partial charge >= 0.3 is 13.8 Å². The van der Waals surface area contributed by atoms with E-state index in [-0.39, 0.29) is 31.5 Å². The van der Waals surface area contributed by atoms with Crippen molar-refractivity contribution in [3.63, 3.8) is 0 Å². The summed E-state index contributed by atoms with van der Waals surface area (Å²) in [4.78, 5) is 37.8. The molecule has 0 bridgehead atoms. The highest BCUT2D eigenvalue weighted by atomic mass is 31.2. The number of phosphoric ester groups is 1. The minimum absolute atomic E-state index is 0.0339. The number of esters is 1. The molecule has 0 aromatic rings. The van der Waals surface area contributed by atoms with Crippen molar-refractivity contribution in [2.24, 2.45) is 0 Å². The summed E-state index contributed by atoms with van der Waals surface area (Å²) in [6.45, 7) is 6.95. The highest BCUT2D eigenvalue weighted by Gasteiger charge is 2.30. The van der Waals surface area contributed by atoms with Crippen LogP contribution in [0.15, 0.2) is 85.1 Å². The van der Waals surface area contributed by atoms with Crippen LogP contribution in [0.4, 0.5) is 0 Å². The van der Waals surface area contributed by atoms with E-state index in [0.29, 0.717) is 23.9 Å². The third-order valence-corrected chi connectivity index (χ3v) is 15.8. The summed E-state index contributed by atoms with van der Waals surface area (Å²) >= 11 is 0. The molecule has 470 valence electrons. The molecule has 10 heteroatoms. The normalized spacial score (nSPS) is 14.1. The van der Waals surface area contributed by atoms with Crippen LogP contribution < -0.4 is 5.32 Å². The second kappa shape index (κ2) is 60.3. The fraction of sp³-hybridized carbons (Fsp3) is 0.775. The van der Waals surface area contributed by atoms with Crippen LogP contribution in [-0.2, 0) is 27.9 Å². The van der Waals surface area contributed by atoms with E-state index < -0.39 is 20.0 Å². The van der Waals surface area contributed by atoms with E-state index >= 15 is 0 Å². The Kier molecular flexibility index (Phi) is 58.2. The fourth-order valence-electron chi connectivity index (χ4n) is 9.54. The predicted molar refractivity (Wildman–Crippen MR) is 351 cm³/mol. The van der Waals surface area contributed by atoms with Gasteiger partial charge < -0.3 is 19.4 Å². The number of nitrogens with zero attached hydrogens (tertiary/aromatic N) is 1. The van der Waals surface area contributed by atoms with Crippen molar-refractivity contribution < 1.29 is 37.3 Å². The van der Waals surface area contributed by atoms with Crippen molar-refractivity contribution in [3.8, 4) is 0 Å². The number of carbonyl (C=O) groups is 2. The molecule has 0 rings (SSSR count). The molecule has 0 aliphatic rings. The lowest BCUT2D eigenvalue weighted by Crippen LogP contribution is -2.47. The van der Waals surface area contributed by atoms with Gasteiger partial charge in [-0.1, -0.05) is 267 Å². The molecule has 0 spiro atoms. The van der Waals surface area contributed by atoms with E-state index in [2.05, 4.69) is 99.0 Å². The number of likely N-dealkylation sites (N-methyl/N-ethyl adjacent to an activating group) is 1. The van der Waals surface area contributed by atoms with E-state index in [9.17, 15) is 19.0 Å². The van der Waals surface area contributed by atoms with Crippen molar-refractivity contribution in [2.45, 2.75) is 315 Å². The highest BCUT2D eigenvalue weighted by molar-refractivity contribution is 7.47. The number of amides is 1. The summed E-state index contributed by atoms with van der Waals surface area (Å²) in [6, 6.07) is -0.861. The van der Waals surface area contributed by atoms with E-state index in [4.69, 9.17) is 13.8 Å². The zero-order valence-corrected chi connectivity index (χ0v) is 54.7. The SMILES string of the molecule is CCCCC/C=C\C/C=C\C/C=C\CCCCCCCCCCCCCCCCC(=O)NC(COP(=O)(O)OCC[N+](C)(C)C)C(/C=C\CCCCCCCCCCC)OC(=O)CCCCCC/C=C\C/C=C\C/C=C\CCCCC. The van der Waals surface area contributed by atoms with Crippen LogP contribution in [0.2, 0.25) is 0 Å². The molecule has 0 aromatic heterocycles. The molecule has 3 unspecified atom stereocenters. The van der Waals surface area contributed by atoms with Crippen molar-refractivity contribution in [2.75, 3.05) is 40.9 Å². The van der Waals surface area contributed by atoms with Gasteiger partial charge in [0.05, 0.1) is 33.8 Å². The number of nitrogens with one attached hydrogen (secondary N) is 1. The van der Waals surface area contributed by atoms with Gasteiger partial charge in [-0.2, -0.15) is 0 Å². The minimum atomic E-state index is -4.46. The molecular formula is C71H130N2O7P+. The molecule has 0 aliphatic heterocycles. The lowest BCUT2D eigenvalue weighted by molar-refractivity contribution is -0.870. The number of quaternary nitrogens is 1. The lowest BCUT2D eigenvalue weighted by Gasteiger charge is -2.27. The number of unbranched alkanes of at least 4 members (excludes halogenated alkanes) is 33. The van der Waals surface area contributed by atoms with Gasteiger partial charge in [0.1, 0.15) is 19.3 Å². The summed E-state index contributed by atoms with van der Waals surface area (Å²) in [6.07, 6.45) is 80.2. The minimum Gasteiger partial charge on any atom is -0.456 e. The summed E-state index contributed by atoms with van der Waals surface area (Å²) < 4.78 is 30.7. The molecule has 81 heavy (non-hydrogen) atoms. The van der Waals surface area contributed by atoms with Crippen molar-refractivity contribution >= 4 is 19.7 Å². The van der Waals surface area contributed by atoms with Crippen LogP contribution >= 0.6 is 7.82 Å². The monoisotopic (exact) mass is 1150 g/mol. The Hall–Kier alpha value is -2.81. The Bertz CT molecular complexity index is 1660. The largest absolute Gasteiger partial charge is 0.472 e. The maximum Gasteiger partial charge on any atom is 0.472 e. The summed E-state index contributed by atoms with van der Waals surface area (Å²) in [7, 11) is 1.48. The summed E-state index contributed by atoms with van der Waals surface area (Å²) in [5.41, 5.74) is 0. The van der Waals surface area contributed by atoms with Gasteiger partial charge in [-0.25, -0.2) is 4.57 Å². The third kappa shape index (κ3) is 61.6. The molecule has 0 aliphatic carbocycles. The van der Waals surface area contributed by atoms with Gasteiger partial charge in [0.25, 0.3) is 0 Å². The number of carbonyl (C=O) groups excluding carboxylic acids is 2. The first-order valence-electron chi connectivity index (χ1n) is 33.9. The zero-order valence-electron chi connectivity index (χ0n) is 53.8. The number of rotatable bonds is 61. The molecule has 9 nitrogen and oxygen atoms in total. The van der Waals surface area contributed by atoms with Crippen LogP contribution in [0.3, 0.4) is 0 Å². The maximum absolute atomic E-state index is 13.6. The molecule has 0 aromatic carbocycles. The van der Waals surface area contributed by atoms with Gasteiger partial charge in [0.15, 0.2) is 0 Å². The molecule has 1 amide bonds. The van der Waals surface area contributed by atoms with E-state index in [1.54, 1.807) is 0 Å². The molecular weight excluding hydrogens is 1020 g/mol. The van der Waals surface area contributed by atoms with Crippen LogP contribution in [0.25, 0.3) is 0 Å². The third-order valence-electron chi connectivity index (χ3n) is 14.8. The number of phosphoric acid groups is 1. The first kappa shape index (κ1) is 78.2. The Morgan fingerprint density at radius 2 is 0.753 bits per heavy atom. The molecule has 0 saturated heterocycles. The van der Waals surface area contributed by atoms with Crippen LogP contribution in [0, 0.1) is 0 Å². The molecule has 0 saturated carbocycles. The van der Waals surface area contributed by atoms with E-state index in [1.165, 1.54) is 173 Å². The molecule has 2 N–H and O–H groups in total. The second-order valence-corrected chi connectivity index (χ2v) is 25.4. The first-order chi connectivity index (χ1) is 39.4. The van der Waals surface area contributed by atoms with Crippen LogP contribution in [-0.4, -0.2) is 74.3 Å². The average molecular weight is 1150 g/mol. The van der Waals surface area contributed by atoms with Crippen molar-refractivity contribution in [3.05, 3.63) is 85.1 Å². The molecule has 0 heterocycles. The van der Waals surface area contributed by atoms with Crippen molar-refractivity contribution in [1.29, 1.82) is 0 Å². The smallest absolute Gasteiger partial charge is 0.456 e. The van der Waals surface area contributed by atoms with E-state index in [1.807, 2.05) is 33.3 Å². The Morgan fingerprint density at radius 3 is 1.15 bits per heavy atom. The number of allylic oxidation sites excluding steroid dienone is 13. The van der Waals surface area contributed by atoms with Gasteiger partial charge in [0, 0.05) is 12.8 Å². The van der Waals surface area contributed by atoms with Crippen LogP contribution in [0.5, 0.6) is 0 Å². The second-order valence-electron chi connectivity index (χ2n) is 24.0. The zero-order chi connectivity index (χ0) is 59.3. The van der Waals surface area contributed by atoms with E-state index in [0.717, 1.165) is 89.9 Å². The van der Waals surface area contributed by atoms with Crippen molar-refractivity contribution in [1.82, 2.24) is 5.32 Å². The number of ether oxygens (including phenoxy) is 1. The van der Waals surface area contributed by atoms with Gasteiger partial charge in [-0.3, -0.25) is 18.6 Å². The highest BCUT2D eigenvalue weighted by Crippen LogP contribution is 2.43. The van der Waals surface area contributed by atoms with Gasteiger partial charge in [-0.05, 0) is 109 Å². The van der Waals surface area contributed by atoms with Gasteiger partial charge in [-0.15, -0.1) is 0 Å². The standard InChI is InChI=1S/C71H129N2O7P/c1-7-10-13-16-19-22-25-27-29-31-32-33-34-35-36-37-38-39-40-42-43-45-48-51-54-57-60-63-70(74)72-68(67-79-81(76,77)78-66-65-73(4,5)6)69(62-59-56-53-50-47-24-21-18-15-12-9-3)80-71(75)64-61-58-55-52-49-46-44-41-30-28-26-23-20-17-14-11-8-2/h19-20,22-23,27-30,32-33,44,46,59,62,68-69H,7-18,21,24-26,31,34-43,45,47-58,60-61,63-67H2,1-6H3,(H-,72,74,76,77)/p+1/b22-19-,23-20-,29-27-,30-28-,33-32-,46-44-,62-59-. The van der Waals surface area contributed by atoms with Gasteiger partial charge in [0.2, 0.25) is 5.91 Å². The first-order valence-corrected chi connectivity index (χ1v) is 35.4. The topological polar surface area (TPSA) is 111 Å². The number of hydrogen-bond acceptors (Lipinski definition) is 6. The summed E-state index contributed by atoms with van der Waals surface area (Å²) in [5, 5.41) is 3.06. The average Bonchev–Trinajstić information content (AvgIpc) is 3.43. The maximum atomic E-state index is 13.6. The fourth-order valence-corrected chi connectivity index (χ4v) is 10.3. The Labute approximate surface area is 501 Å². The number of hydrogen-bond donors (Lipinski definition) is 2. The summed E-state index contributed by atoms with van der Waals surface area (Å²) in [5.74, 6) is -0.528. The molecule has 3 atom stereocenters. The molecule has 0 fully saturated rings. The Morgan fingerprint density at radius 1 is 0.432 bits per heavy atom. The predicted octanol–water partition coefficient (Wildman–Crippen LogP) is 21.3. The lowest BCUT2D eigenvalue weighted by atomic mass is 10.0. The Balaban J connectivity index is 5.05.